The van der Waals surface area contributed by atoms with Crippen LogP contribution in [0.15, 0.2) is 0 Å². The molecule has 1 N–H and O–H groups in total. The van der Waals surface area contributed by atoms with Gasteiger partial charge in [0, 0.05) is 0 Å². The van der Waals surface area contributed by atoms with Crippen molar-refractivity contribution in [2.24, 2.45) is 11.3 Å². The molecular formula is C13H22O3. The highest BCUT2D eigenvalue weighted by molar-refractivity contribution is 5.74. The molecule has 2 aliphatic carbocycles. The molecule has 0 amide bonds. The zero-order valence-corrected chi connectivity index (χ0v) is 10.3. The fourth-order valence-corrected chi connectivity index (χ4v) is 2.29. The largest absolute Gasteiger partial charge is 0.481 e. The van der Waals surface area contributed by atoms with Crippen molar-refractivity contribution in [2.45, 2.75) is 58.0 Å². The first-order valence-electron chi connectivity index (χ1n) is 6.31. The zero-order valence-electron chi connectivity index (χ0n) is 10.3. The molecule has 0 aliphatic heterocycles. The Hall–Kier alpha value is -0.570. The van der Waals surface area contributed by atoms with Gasteiger partial charge in [-0.3, -0.25) is 4.79 Å². The minimum absolute atomic E-state index is 0.0719. The lowest BCUT2D eigenvalue weighted by atomic mass is 9.70. The molecule has 0 aromatic carbocycles. The van der Waals surface area contributed by atoms with Crippen molar-refractivity contribution in [1.82, 2.24) is 0 Å². The topological polar surface area (TPSA) is 46.5 Å². The number of hydrogen-bond donors (Lipinski definition) is 1. The smallest absolute Gasteiger partial charge is 0.309 e. The second-order valence-electron chi connectivity index (χ2n) is 6.07. The lowest BCUT2D eigenvalue weighted by Gasteiger charge is -2.40. The number of carboxylic acid groups (broad SMARTS) is 1. The van der Waals surface area contributed by atoms with Crippen molar-refractivity contribution >= 4 is 5.97 Å². The van der Waals surface area contributed by atoms with E-state index in [0.29, 0.717) is 0 Å². The van der Waals surface area contributed by atoms with Gasteiger partial charge >= 0.3 is 5.97 Å². The highest BCUT2D eigenvalue weighted by atomic mass is 16.5. The van der Waals surface area contributed by atoms with E-state index in [-0.39, 0.29) is 5.60 Å². The van der Waals surface area contributed by atoms with Crippen molar-refractivity contribution < 1.29 is 14.6 Å². The van der Waals surface area contributed by atoms with E-state index < -0.39 is 11.4 Å². The van der Waals surface area contributed by atoms with Crippen LogP contribution in [0, 0.1) is 11.3 Å². The van der Waals surface area contributed by atoms with Gasteiger partial charge in [0.15, 0.2) is 0 Å². The molecule has 2 fully saturated rings. The van der Waals surface area contributed by atoms with Gasteiger partial charge in [-0.15, -0.1) is 0 Å². The molecule has 3 heteroatoms. The Balaban J connectivity index is 1.84. The summed E-state index contributed by atoms with van der Waals surface area (Å²) in [5.41, 5.74) is -0.597. The van der Waals surface area contributed by atoms with Gasteiger partial charge in [-0.25, -0.2) is 0 Å². The Bertz CT molecular complexity index is 273. The average Bonchev–Trinajstić information content (AvgIpc) is 3.04. The zero-order chi connectivity index (χ0) is 11.8. The minimum atomic E-state index is -0.656. The molecule has 2 saturated carbocycles. The lowest BCUT2D eigenvalue weighted by Crippen LogP contribution is -2.41. The van der Waals surface area contributed by atoms with E-state index in [9.17, 15) is 4.79 Å². The Morgan fingerprint density at radius 2 is 1.81 bits per heavy atom. The first-order chi connectivity index (χ1) is 7.44. The van der Waals surface area contributed by atoms with Crippen LogP contribution in [-0.2, 0) is 9.53 Å². The maximum Gasteiger partial charge on any atom is 0.309 e. The summed E-state index contributed by atoms with van der Waals surface area (Å²) in [4.78, 5) is 11.1. The van der Waals surface area contributed by atoms with Crippen LogP contribution in [0.1, 0.15) is 52.4 Å². The highest BCUT2D eigenvalue weighted by Crippen LogP contribution is 2.43. The van der Waals surface area contributed by atoms with Crippen LogP contribution in [0.5, 0.6) is 0 Å². The summed E-state index contributed by atoms with van der Waals surface area (Å²) in [5.74, 6) is 0.126. The van der Waals surface area contributed by atoms with Crippen molar-refractivity contribution in [1.29, 1.82) is 0 Å². The van der Waals surface area contributed by atoms with Gasteiger partial charge in [0.05, 0.1) is 17.6 Å². The van der Waals surface area contributed by atoms with Crippen molar-refractivity contribution in [3.05, 3.63) is 0 Å². The molecule has 2 aliphatic rings. The molecule has 0 aromatic rings. The van der Waals surface area contributed by atoms with Gasteiger partial charge in [-0.05, 0) is 58.3 Å². The Kier molecular flexibility index (Phi) is 2.99. The average molecular weight is 226 g/mol. The van der Waals surface area contributed by atoms with E-state index in [1.54, 1.807) is 0 Å². The Morgan fingerprint density at radius 1 is 1.25 bits per heavy atom. The van der Waals surface area contributed by atoms with Gasteiger partial charge in [0.1, 0.15) is 0 Å². The molecule has 0 saturated heterocycles. The molecule has 2 rings (SSSR count). The van der Waals surface area contributed by atoms with E-state index in [1.165, 1.54) is 12.8 Å². The number of rotatable bonds is 4. The molecule has 92 valence electrons. The predicted octanol–water partition coefficient (Wildman–Crippen LogP) is 2.84. The van der Waals surface area contributed by atoms with Crippen molar-refractivity contribution in [2.75, 3.05) is 6.61 Å². The quantitative estimate of drug-likeness (QED) is 0.801. The number of hydrogen-bond acceptors (Lipinski definition) is 2. The predicted molar refractivity (Wildman–Crippen MR) is 61.3 cm³/mol. The number of carbonyl (C=O) groups is 1. The third-order valence-corrected chi connectivity index (χ3v) is 4.29. The fraction of sp³-hybridized carbons (Fsp3) is 0.923. The molecule has 0 atom stereocenters. The highest BCUT2D eigenvalue weighted by Gasteiger charge is 2.43. The van der Waals surface area contributed by atoms with Gasteiger partial charge in [-0.1, -0.05) is 0 Å². The van der Waals surface area contributed by atoms with E-state index in [2.05, 4.69) is 6.92 Å². The third kappa shape index (κ3) is 2.57. The van der Waals surface area contributed by atoms with Crippen LogP contribution in [-0.4, -0.2) is 23.3 Å². The summed E-state index contributed by atoms with van der Waals surface area (Å²) in [5, 5.41) is 9.16. The SMILES string of the molecule is C[C@]1(OCC2CC2)CC[C@@](C)(C(=O)O)CC1. The summed E-state index contributed by atoms with van der Waals surface area (Å²) >= 11 is 0. The Labute approximate surface area is 97.2 Å². The van der Waals surface area contributed by atoms with Gasteiger partial charge in [-0.2, -0.15) is 0 Å². The van der Waals surface area contributed by atoms with Crippen LogP contribution >= 0.6 is 0 Å². The maximum atomic E-state index is 11.1. The second-order valence-corrected chi connectivity index (χ2v) is 6.07. The molecule has 0 unspecified atom stereocenters. The van der Waals surface area contributed by atoms with Crippen LogP contribution in [0.4, 0.5) is 0 Å². The fourth-order valence-electron chi connectivity index (χ4n) is 2.29. The first kappa shape index (κ1) is 11.9. The van der Waals surface area contributed by atoms with E-state index in [0.717, 1.165) is 38.2 Å². The second kappa shape index (κ2) is 4.02. The van der Waals surface area contributed by atoms with Gasteiger partial charge < -0.3 is 9.84 Å². The van der Waals surface area contributed by atoms with Crippen molar-refractivity contribution in [3.63, 3.8) is 0 Å². The van der Waals surface area contributed by atoms with Crippen LogP contribution in [0.25, 0.3) is 0 Å². The van der Waals surface area contributed by atoms with Crippen LogP contribution in [0.3, 0.4) is 0 Å². The normalized spacial score (nSPS) is 39.6. The van der Waals surface area contributed by atoms with Gasteiger partial charge in [0.2, 0.25) is 0 Å². The number of carboxylic acids is 1. The van der Waals surface area contributed by atoms with E-state index in [4.69, 9.17) is 9.84 Å². The van der Waals surface area contributed by atoms with Gasteiger partial charge in [0.25, 0.3) is 0 Å². The summed E-state index contributed by atoms with van der Waals surface area (Å²) in [6.45, 7) is 4.87. The standard InChI is InChI=1S/C13H22O3/c1-12(11(14)15)5-7-13(2,8-6-12)16-9-10-3-4-10/h10H,3-9H2,1-2H3,(H,14,15)/t12-,13+. The minimum Gasteiger partial charge on any atom is -0.481 e. The first-order valence-corrected chi connectivity index (χ1v) is 6.31. The van der Waals surface area contributed by atoms with Crippen molar-refractivity contribution in [3.8, 4) is 0 Å². The van der Waals surface area contributed by atoms with Crippen LogP contribution in [0.2, 0.25) is 0 Å². The summed E-state index contributed by atoms with van der Waals surface area (Å²) in [6, 6.07) is 0. The molecule has 0 spiro atoms. The van der Waals surface area contributed by atoms with E-state index >= 15 is 0 Å². The molecular weight excluding hydrogens is 204 g/mol. The molecule has 3 nitrogen and oxygen atoms in total. The summed E-state index contributed by atoms with van der Waals surface area (Å²) in [6.07, 6.45) is 5.85. The number of ether oxygens (including phenoxy) is 1. The molecule has 0 bridgehead atoms. The molecule has 0 radical (unpaired) electrons. The molecule has 0 heterocycles. The monoisotopic (exact) mass is 226 g/mol. The summed E-state index contributed by atoms with van der Waals surface area (Å²) < 4.78 is 5.97. The maximum absolute atomic E-state index is 11.1. The van der Waals surface area contributed by atoms with Crippen LogP contribution < -0.4 is 0 Å². The third-order valence-electron chi connectivity index (χ3n) is 4.29. The molecule has 16 heavy (non-hydrogen) atoms. The molecule has 0 aromatic heterocycles. The summed E-state index contributed by atoms with van der Waals surface area (Å²) in [7, 11) is 0. The number of aliphatic carboxylic acids is 1. The van der Waals surface area contributed by atoms with E-state index in [1.807, 2.05) is 6.92 Å². The lowest BCUT2D eigenvalue weighted by molar-refractivity contribution is -0.155. The Morgan fingerprint density at radius 3 is 2.25 bits per heavy atom.